The maximum absolute atomic E-state index is 11.6. The van der Waals surface area contributed by atoms with Gasteiger partial charge in [-0.05, 0) is 37.3 Å². The summed E-state index contributed by atoms with van der Waals surface area (Å²) < 4.78 is 28.6. The molecule has 106 valence electrons. The van der Waals surface area contributed by atoms with Crippen molar-refractivity contribution in [1.82, 2.24) is 4.98 Å². The minimum Gasteiger partial charge on any atom is -0.381 e. The SMILES string of the molecule is CS(=O)(=O)c1cccnc1NCCCOCC1CC1. The standard InChI is InChI=1S/C13H20N2O3S/c1-19(16,17)12-4-2-7-14-13(12)15-8-3-9-18-10-11-5-6-11/h2,4,7,11H,3,5-6,8-10H2,1H3,(H,14,15). The fraction of sp³-hybridized carbons (Fsp3) is 0.615. The molecule has 0 spiro atoms. The first-order valence-corrected chi connectivity index (χ1v) is 8.43. The molecule has 1 aromatic rings. The van der Waals surface area contributed by atoms with E-state index >= 15 is 0 Å². The lowest BCUT2D eigenvalue weighted by atomic mass is 10.4. The number of anilines is 1. The van der Waals surface area contributed by atoms with E-state index in [1.807, 2.05) is 0 Å². The summed E-state index contributed by atoms with van der Waals surface area (Å²) in [7, 11) is -3.24. The van der Waals surface area contributed by atoms with E-state index in [1.54, 1.807) is 18.3 Å². The van der Waals surface area contributed by atoms with Gasteiger partial charge in [-0.3, -0.25) is 0 Å². The van der Waals surface area contributed by atoms with Gasteiger partial charge >= 0.3 is 0 Å². The van der Waals surface area contributed by atoms with Gasteiger partial charge in [-0.25, -0.2) is 13.4 Å². The van der Waals surface area contributed by atoms with Crippen LogP contribution in [0.4, 0.5) is 5.82 Å². The normalized spacial score (nSPS) is 15.4. The molecule has 0 bridgehead atoms. The van der Waals surface area contributed by atoms with Crippen molar-refractivity contribution in [3.8, 4) is 0 Å². The summed E-state index contributed by atoms with van der Waals surface area (Å²) in [6.07, 6.45) is 6.20. The van der Waals surface area contributed by atoms with E-state index in [9.17, 15) is 8.42 Å². The molecule has 1 saturated carbocycles. The largest absolute Gasteiger partial charge is 0.381 e. The molecule has 2 rings (SSSR count). The number of nitrogens with zero attached hydrogens (tertiary/aromatic N) is 1. The number of pyridine rings is 1. The molecule has 5 nitrogen and oxygen atoms in total. The van der Waals surface area contributed by atoms with Gasteiger partial charge in [-0.2, -0.15) is 0 Å². The molecule has 0 atom stereocenters. The molecular formula is C13H20N2O3S. The highest BCUT2D eigenvalue weighted by Gasteiger charge is 2.20. The van der Waals surface area contributed by atoms with Crippen molar-refractivity contribution in [2.75, 3.05) is 31.3 Å². The van der Waals surface area contributed by atoms with Crippen LogP contribution in [0.3, 0.4) is 0 Å². The summed E-state index contributed by atoms with van der Waals surface area (Å²) in [5.41, 5.74) is 0. The summed E-state index contributed by atoms with van der Waals surface area (Å²) in [5, 5.41) is 3.05. The fourth-order valence-electron chi connectivity index (χ4n) is 1.74. The molecule has 0 aliphatic heterocycles. The van der Waals surface area contributed by atoms with Crippen LogP contribution >= 0.6 is 0 Å². The van der Waals surface area contributed by atoms with Gasteiger partial charge in [-0.15, -0.1) is 0 Å². The van der Waals surface area contributed by atoms with E-state index in [2.05, 4.69) is 10.3 Å². The van der Waals surface area contributed by atoms with Gasteiger partial charge in [0.2, 0.25) is 0 Å². The highest BCUT2D eigenvalue weighted by Crippen LogP contribution is 2.28. The van der Waals surface area contributed by atoms with E-state index in [-0.39, 0.29) is 4.90 Å². The van der Waals surface area contributed by atoms with Crippen molar-refractivity contribution in [2.45, 2.75) is 24.2 Å². The Kier molecular flexibility index (Phi) is 4.76. The second-order valence-corrected chi connectivity index (χ2v) is 6.91. The van der Waals surface area contributed by atoms with E-state index in [1.165, 1.54) is 19.1 Å². The molecule has 1 heterocycles. The lowest BCUT2D eigenvalue weighted by Crippen LogP contribution is -2.11. The Hall–Kier alpha value is -1.14. The number of aromatic nitrogens is 1. The predicted octanol–water partition coefficient (Wildman–Crippen LogP) is 1.71. The zero-order valence-corrected chi connectivity index (χ0v) is 11.9. The third kappa shape index (κ3) is 4.80. The van der Waals surface area contributed by atoms with E-state index in [0.29, 0.717) is 19.0 Å². The average Bonchev–Trinajstić information content (AvgIpc) is 3.17. The number of hydrogen-bond donors (Lipinski definition) is 1. The van der Waals surface area contributed by atoms with E-state index < -0.39 is 9.84 Å². The predicted molar refractivity (Wildman–Crippen MR) is 74.0 cm³/mol. The first kappa shape index (κ1) is 14.3. The Morgan fingerprint density at radius 3 is 2.95 bits per heavy atom. The summed E-state index contributed by atoms with van der Waals surface area (Å²) >= 11 is 0. The molecule has 0 aromatic carbocycles. The second kappa shape index (κ2) is 6.34. The fourth-order valence-corrected chi connectivity index (χ4v) is 2.54. The van der Waals surface area contributed by atoms with Crippen molar-refractivity contribution < 1.29 is 13.2 Å². The summed E-state index contributed by atoms with van der Waals surface area (Å²) in [6, 6.07) is 3.19. The molecule has 0 radical (unpaired) electrons. The third-order valence-electron chi connectivity index (χ3n) is 2.98. The first-order valence-electron chi connectivity index (χ1n) is 6.54. The smallest absolute Gasteiger partial charge is 0.179 e. The molecule has 0 unspecified atom stereocenters. The number of hydrogen-bond acceptors (Lipinski definition) is 5. The van der Waals surface area contributed by atoms with Gasteiger partial charge in [0, 0.05) is 32.2 Å². The van der Waals surface area contributed by atoms with Crippen LogP contribution in [0, 0.1) is 5.92 Å². The molecule has 1 fully saturated rings. The summed E-state index contributed by atoms with van der Waals surface area (Å²) in [4.78, 5) is 4.31. The first-order chi connectivity index (χ1) is 9.07. The van der Waals surface area contributed by atoms with Crippen molar-refractivity contribution in [3.63, 3.8) is 0 Å². The van der Waals surface area contributed by atoms with Crippen molar-refractivity contribution in [2.24, 2.45) is 5.92 Å². The molecule has 1 N–H and O–H groups in total. The molecule has 1 aromatic heterocycles. The van der Waals surface area contributed by atoms with Crippen molar-refractivity contribution >= 4 is 15.7 Å². The lowest BCUT2D eigenvalue weighted by molar-refractivity contribution is 0.124. The van der Waals surface area contributed by atoms with E-state index in [4.69, 9.17) is 4.74 Å². The van der Waals surface area contributed by atoms with Crippen LogP contribution in [0.15, 0.2) is 23.2 Å². The highest BCUT2D eigenvalue weighted by molar-refractivity contribution is 7.90. The van der Waals surface area contributed by atoms with Crippen LogP contribution in [-0.4, -0.2) is 39.4 Å². The maximum Gasteiger partial charge on any atom is 0.179 e. The van der Waals surface area contributed by atoms with Crippen molar-refractivity contribution in [3.05, 3.63) is 18.3 Å². The Morgan fingerprint density at radius 2 is 2.26 bits per heavy atom. The Bertz CT molecular complexity index is 512. The van der Waals surface area contributed by atoms with Crippen LogP contribution in [0.2, 0.25) is 0 Å². The molecule has 19 heavy (non-hydrogen) atoms. The Morgan fingerprint density at radius 1 is 1.47 bits per heavy atom. The molecule has 0 saturated heterocycles. The topological polar surface area (TPSA) is 68.3 Å². The maximum atomic E-state index is 11.6. The van der Waals surface area contributed by atoms with Gasteiger partial charge in [0.25, 0.3) is 0 Å². The Labute approximate surface area is 114 Å². The molecule has 6 heteroatoms. The van der Waals surface area contributed by atoms with Gasteiger partial charge < -0.3 is 10.1 Å². The number of sulfone groups is 1. The van der Waals surface area contributed by atoms with Crippen LogP contribution < -0.4 is 5.32 Å². The second-order valence-electron chi connectivity index (χ2n) is 4.92. The Balaban J connectivity index is 1.75. The van der Waals surface area contributed by atoms with Gasteiger partial charge in [0.15, 0.2) is 9.84 Å². The molecule has 0 amide bonds. The van der Waals surface area contributed by atoms with Crippen LogP contribution in [-0.2, 0) is 14.6 Å². The van der Waals surface area contributed by atoms with E-state index in [0.717, 1.165) is 18.9 Å². The average molecular weight is 284 g/mol. The zero-order valence-electron chi connectivity index (χ0n) is 11.1. The van der Waals surface area contributed by atoms with Crippen LogP contribution in [0.25, 0.3) is 0 Å². The minimum atomic E-state index is -3.24. The number of ether oxygens (including phenoxy) is 1. The summed E-state index contributed by atoms with van der Waals surface area (Å²) in [5.74, 6) is 1.20. The zero-order chi connectivity index (χ0) is 13.7. The third-order valence-corrected chi connectivity index (χ3v) is 4.11. The highest BCUT2D eigenvalue weighted by atomic mass is 32.2. The number of nitrogens with one attached hydrogen (secondary N) is 1. The minimum absolute atomic E-state index is 0.244. The summed E-state index contributed by atoms with van der Waals surface area (Å²) in [6.45, 7) is 2.22. The van der Waals surface area contributed by atoms with Crippen LogP contribution in [0.5, 0.6) is 0 Å². The van der Waals surface area contributed by atoms with Crippen LogP contribution in [0.1, 0.15) is 19.3 Å². The quantitative estimate of drug-likeness (QED) is 0.736. The monoisotopic (exact) mass is 284 g/mol. The van der Waals surface area contributed by atoms with Crippen molar-refractivity contribution in [1.29, 1.82) is 0 Å². The van der Waals surface area contributed by atoms with Gasteiger partial charge in [-0.1, -0.05) is 0 Å². The lowest BCUT2D eigenvalue weighted by Gasteiger charge is -2.09. The molecular weight excluding hydrogens is 264 g/mol. The molecule has 1 aliphatic rings. The van der Waals surface area contributed by atoms with Gasteiger partial charge in [0.05, 0.1) is 0 Å². The van der Waals surface area contributed by atoms with Gasteiger partial charge in [0.1, 0.15) is 10.7 Å². The number of rotatable bonds is 8. The molecule has 1 aliphatic carbocycles.